The van der Waals surface area contributed by atoms with Gasteiger partial charge in [0.2, 0.25) is 11.8 Å². The van der Waals surface area contributed by atoms with Crippen molar-refractivity contribution in [2.75, 3.05) is 0 Å². The highest BCUT2D eigenvalue weighted by Crippen LogP contribution is 2.23. The minimum atomic E-state index is -0.483. The predicted molar refractivity (Wildman–Crippen MR) is 110 cm³/mol. The second-order valence-corrected chi connectivity index (χ2v) is 8.05. The van der Waals surface area contributed by atoms with Crippen LogP contribution < -0.4 is 10.6 Å². The lowest BCUT2D eigenvalue weighted by molar-refractivity contribution is -0.124. The van der Waals surface area contributed by atoms with Crippen LogP contribution in [0.3, 0.4) is 0 Å². The van der Waals surface area contributed by atoms with E-state index in [2.05, 4.69) is 10.6 Å². The van der Waals surface area contributed by atoms with Gasteiger partial charge in [0.25, 0.3) is 0 Å². The van der Waals surface area contributed by atoms with Gasteiger partial charge in [0.05, 0.1) is 12.5 Å². The Bertz CT molecular complexity index is 804. The van der Waals surface area contributed by atoms with E-state index in [1.165, 1.54) is 6.92 Å². The van der Waals surface area contributed by atoms with Gasteiger partial charge in [-0.25, -0.2) is 0 Å². The molecule has 0 saturated carbocycles. The fourth-order valence-electron chi connectivity index (χ4n) is 2.97. The number of nitrogens with one attached hydrogen (secondary N) is 2. The molecule has 1 unspecified atom stereocenters. The molecule has 0 fully saturated rings. The lowest BCUT2D eigenvalue weighted by Gasteiger charge is -2.28. The van der Waals surface area contributed by atoms with Crippen LogP contribution in [0.15, 0.2) is 48.5 Å². The Balaban J connectivity index is 2.06. The van der Waals surface area contributed by atoms with Gasteiger partial charge in [-0.2, -0.15) is 0 Å². The largest absolute Gasteiger partial charge is 0.351 e. The molecule has 0 aromatic heterocycles. The van der Waals surface area contributed by atoms with Crippen molar-refractivity contribution in [3.05, 3.63) is 69.7 Å². The third-order valence-corrected chi connectivity index (χ3v) is 4.73. The molecule has 0 radical (unpaired) electrons. The quantitative estimate of drug-likeness (QED) is 0.699. The first-order valence-corrected chi connectivity index (χ1v) is 9.49. The molecule has 2 N–H and O–H groups in total. The predicted octanol–water partition coefficient (Wildman–Crippen LogP) is 4.70. The molecule has 1 atom stereocenters. The maximum Gasteiger partial charge on any atom is 0.222 e. The average molecular weight is 407 g/mol. The van der Waals surface area contributed by atoms with Crippen LogP contribution in [0, 0.1) is 0 Å². The van der Waals surface area contributed by atoms with Crippen LogP contribution in [-0.2, 0) is 16.0 Å². The molecule has 0 bridgehead atoms. The molecular formula is C21H24Cl2N2O2. The van der Waals surface area contributed by atoms with Crippen molar-refractivity contribution in [2.24, 2.45) is 0 Å². The van der Waals surface area contributed by atoms with Crippen molar-refractivity contribution in [3.8, 4) is 0 Å². The second kappa shape index (κ2) is 9.25. The summed E-state index contributed by atoms with van der Waals surface area (Å²) in [4.78, 5) is 24.2. The van der Waals surface area contributed by atoms with Gasteiger partial charge in [-0.1, -0.05) is 53.5 Å². The zero-order valence-electron chi connectivity index (χ0n) is 15.7. The van der Waals surface area contributed by atoms with Gasteiger partial charge in [-0.15, -0.1) is 0 Å². The van der Waals surface area contributed by atoms with Crippen molar-refractivity contribution >= 4 is 35.0 Å². The first kappa shape index (κ1) is 21.3. The standard InChI is InChI=1S/C21H24Cl2N2O2/c1-14(26)24-19(15-8-10-17(22)11-9-15)12-20(27)25-21(2,3)13-16-6-4-5-7-18(16)23/h4-11,19H,12-13H2,1-3H3,(H,24,26)(H,25,27). The summed E-state index contributed by atoms with van der Waals surface area (Å²) in [6, 6.07) is 14.3. The lowest BCUT2D eigenvalue weighted by atomic mass is 9.94. The zero-order chi connectivity index (χ0) is 20.0. The van der Waals surface area contributed by atoms with Crippen LogP contribution in [0.4, 0.5) is 0 Å². The van der Waals surface area contributed by atoms with Crippen LogP contribution in [0.1, 0.15) is 44.4 Å². The molecule has 0 aliphatic heterocycles. The third kappa shape index (κ3) is 6.89. The van der Waals surface area contributed by atoms with E-state index in [4.69, 9.17) is 23.2 Å². The molecule has 4 nitrogen and oxygen atoms in total. The Labute approximate surface area is 170 Å². The van der Waals surface area contributed by atoms with E-state index in [0.29, 0.717) is 16.5 Å². The topological polar surface area (TPSA) is 58.2 Å². The van der Waals surface area contributed by atoms with E-state index in [1.54, 1.807) is 12.1 Å². The number of halogens is 2. The van der Waals surface area contributed by atoms with Crippen LogP contribution >= 0.6 is 23.2 Å². The van der Waals surface area contributed by atoms with Crippen molar-refractivity contribution in [1.29, 1.82) is 0 Å². The van der Waals surface area contributed by atoms with Crippen LogP contribution in [0.2, 0.25) is 10.0 Å². The summed E-state index contributed by atoms with van der Waals surface area (Å²) >= 11 is 12.2. The minimum absolute atomic E-state index is 0.132. The molecule has 0 aliphatic rings. The monoisotopic (exact) mass is 406 g/mol. The van der Waals surface area contributed by atoms with E-state index >= 15 is 0 Å². The van der Waals surface area contributed by atoms with Crippen molar-refractivity contribution in [3.63, 3.8) is 0 Å². The summed E-state index contributed by atoms with van der Waals surface area (Å²) in [7, 11) is 0. The summed E-state index contributed by atoms with van der Waals surface area (Å²) in [6.45, 7) is 5.33. The summed E-state index contributed by atoms with van der Waals surface area (Å²) < 4.78 is 0. The fraction of sp³-hybridized carbons (Fsp3) is 0.333. The van der Waals surface area contributed by atoms with E-state index in [-0.39, 0.29) is 18.2 Å². The summed E-state index contributed by atoms with van der Waals surface area (Å²) in [5.74, 6) is -0.348. The van der Waals surface area contributed by atoms with E-state index < -0.39 is 11.6 Å². The number of rotatable bonds is 7. The number of benzene rings is 2. The van der Waals surface area contributed by atoms with Gasteiger partial charge < -0.3 is 10.6 Å². The molecular weight excluding hydrogens is 383 g/mol. The molecule has 144 valence electrons. The van der Waals surface area contributed by atoms with E-state index in [0.717, 1.165) is 11.1 Å². The molecule has 0 spiro atoms. The van der Waals surface area contributed by atoms with Gasteiger partial charge in [-0.05, 0) is 49.6 Å². The Morgan fingerprint density at radius 3 is 2.26 bits per heavy atom. The molecule has 27 heavy (non-hydrogen) atoms. The first-order valence-electron chi connectivity index (χ1n) is 8.73. The Morgan fingerprint density at radius 1 is 1.04 bits per heavy atom. The summed E-state index contributed by atoms with van der Waals surface area (Å²) in [5, 5.41) is 7.15. The number of hydrogen-bond donors (Lipinski definition) is 2. The van der Waals surface area contributed by atoms with Gasteiger partial charge in [0.15, 0.2) is 0 Å². The minimum Gasteiger partial charge on any atom is -0.351 e. The molecule has 6 heteroatoms. The molecule has 2 aromatic carbocycles. The third-order valence-electron chi connectivity index (χ3n) is 4.11. The van der Waals surface area contributed by atoms with Crippen LogP contribution in [0.5, 0.6) is 0 Å². The summed E-state index contributed by atoms with van der Waals surface area (Å²) in [5.41, 5.74) is 1.32. The lowest BCUT2D eigenvalue weighted by Crippen LogP contribution is -2.46. The van der Waals surface area contributed by atoms with Gasteiger partial charge in [-0.3, -0.25) is 9.59 Å². The SMILES string of the molecule is CC(=O)NC(CC(=O)NC(C)(C)Cc1ccccc1Cl)c1ccc(Cl)cc1. The molecule has 0 saturated heterocycles. The molecule has 0 heterocycles. The maximum atomic E-state index is 12.6. The molecule has 2 aromatic rings. The van der Waals surface area contributed by atoms with E-state index in [1.807, 2.05) is 50.2 Å². The highest BCUT2D eigenvalue weighted by Gasteiger charge is 2.24. The Morgan fingerprint density at radius 2 is 1.67 bits per heavy atom. The zero-order valence-corrected chi connectivity index (χ0v) is 17.2. The molecule has 2 amide bonds. The average Bonchev–Trinajstić information content (AvgIpc) is 2.56. The van der Waals surface area contributed by atoms with Crippen molar-refractivity contribution in [2.45, 2.75) is 45.2 Å². The number of hydrogen-bond acceptors (Lipinski definition) is 2. The van der Waals surface area contributed by atoms with E-state index in [9.17, 15) is 9.59 Å². The molecule has 2 rings (SSSR count). The van der Waals surface area contributed by atoms with Crippen LogP contribution in [-0.4, -0.2) is 17.4 Å². The van der Waals surface area contributed by atoms with Crippen LogP contribution in [0.25, 0.3) is 0 Å². The highest BCUT2D eigenvalue weighted by atomic mass is 35.5. The number of carbonyl (C=O) groups is 2. The smallest absolute Gasteiger partial charge is 0.222 e. The van der Waals surface area contributed by atoms with Gasteiger partial charge >= 0.3 is 0 Å². The first-order chi connectivity index (χ1) is 12.7. The normalized spacial score (nSPS) is 12.3. The Hall–Kier alpha value is -2.04. The fourth-order valence-corrected chi connectivity index (χ4v) is 3.30. The number of amides is 2. The van der Waals surface area contributed by atoms with Crippen molar-refractivity contribution in [1.82, 2.24) is 10.6 Å². The van der Waals surface area contributed by atoms with Crippen molar-refractivity contribution < 1.29 is 9.59 Å². The molecule has 0 aliphatic carbocycles. The summed E-state index contributed by atoms with van der Waals surface area (Å²) in [6.07, 6.45) is 0.733. The second-order valence-electron chi connectivity index (χ2n) is 7.21. The van der Waals surface area contributed by atoms with Gasteiger partial charge in [0.1, 0.15) is 0 Å². The van der Waals surface area contributed by atoms with Gasteiger partial charge in [0, 0.05) is 22.5 Å². The number of carbonyl (C=O) groups excluding carboxylic acids is 2. The Kier molecular flexibility index (Phi) is 7.28. The highest BCUT2D eigenvalue weighted by molar-refractivity contribution is 6.31. The maximum absolute atomic E-state index is 12.6.